The molecule has 0 amide bonds. The van der Waals surface area contributed by atoms with Gasteiger partial charge in [0.1, 0.15) is 5.01 Å². The molecule has 1 aliphatic rings. The molecular weight excluding hydrogens is 779 g/mol. The van der Waals surface area contributed by atoms with E-state index in [4.69, 9.17) is 9.36 Å². The van der Waals surface area contributed by atoms with Crippen LogP contribution in [0.2, 0.25) is 0 Å². The first kappa shape index (κ1) is 36.7. The molecular formula is C56H37N3S2. The molecule has 0 aliphatic carbocycles. The summed E-state index contributed by atoms with van der Waals surface area (Å²) in [5.41, 5.74) is 17.2. The second-order valence-electron chi connectivity index (χ2n) is 15.1. The first-order chi connectivity index (χ1) is 30.2. The zero-order chi connectivity index (χ0) is 40.5. The van der Waals surface area contributed by atoms with Gasteiger partial charge in [-0.05, 0) is 122 Å². The Bertz CT molecular complexity index is 3050. The highest BCUT2D eigenvalue weighted by Crippen LogP contribution is 2.53. The van der Waals surface area contributed by atoms with E-state index in [0.717, 1.165) is 44.6 Å². The molecule has 1 aliphatic heterocycles. The Labute approximate surface area is 364 Å². The summed E-state index contributed by atoms with van der Waals surface area (Å²) in [6.07, 6.45) is 0. The fraction of sp³-hybridized carbons (Fsp3) is 0. The average molecular weight is 816 g/mol. The molecule has 3 nitrogen and oxygen atoms in total. The maximum atomic E-state index is 5.12. The maximum Gasteiger partial charge on any atom is 0.173 e. The van der Waals surface area contributed by atoms with E-state index in [2.05, 4.69) is 223 Å². The first-order valence-corrected chi connectivity index (χ1v) is 22.0. The summed E-state index contributed by atoms with van der Waals surface area (Å²) in [6.45, 7) is 0. The van der Waals surface area contributed by atoms with Crippen molar-refractivity contribution in [3.63, 3.8) is 0 Å². The molecule has 1 aromatic heterocycles. The normalized spacial score (nSPS) is 11.8. The van der Waals surface area contributed by atoms with Crippen LogP contribution < -0.4 is 4.90 Å². The van der Waals surface area contributed by atoms with E-state index in [1.54, 1.807) is 0 Å². The highest BCUT2D eigenvalue weighted by atomic mass is 32.2. The Morgan fingerprint density at radius 2 is 0.705 bits per heavy atom. The molecule has 10 aromatic rings. The molecule has 288 valence electrons. The van der Waals surface area contributed by atoms with Gasteiger partial charge in [0.25, 0.3) is 0 Å². The van der Waals surface area contributed by atoms with Crippen LogP contribution in [0.5, 0.6) is 0 Å². The van der Waals surface area contributed by atoms with Gasteiger partial charge in [-0.15, -0.1) is 0 Å². The number of hydrogen-bond acceptors (Lipinski definition) is 5. The largest absolute Gasteiger partial charge is 0.308 e. The minimum absolute atomic E-state index is 0.734. The predicted molar refractivity (Wildman–Crippen MR) is 257 cm³/mol. The number of aromatic nitrogens is 2. The van der Waals surface area contributed by atoms with Crippen molar-refractivity contribution in [1.82, 2.24) is 9.36 Å². The third-order valence-corrected chi connectivity index (χ3v) is 13.1. The molecule has 61 heavy (non-hydrogen) atoms. The summed E-state index contributed by atoms with van der Waals surface area (Å²) < 4.78 is 4.87. The van der Waals surface area contributed by atoms with Gasteiger partial charge >= 0.3 is 0 Å². The molecule has 11 rings (SSSR count). The standard InChI is InChI=1S/C56H37N3S2/c1-4-14-38(15-5-1)41-20-10-23-44(32-41)46-28-30-53-51(36-46)59(52-37-47(29-31-54(52)60-53)45-24-11-21-42(33-45)39-16-6-2-7-17-39)50-27-13-26-49(35-50)56-57-55(58-61-56)48-25-12-22-43(34-48)40-18-8-3-9-19-40/h1-37H. The van der Waals surface area contributed by atoms with E-state index in [9.17, 15) is 0 Å². The van der Waals surface area contributed by atoms with Gasteiger partial charge in [0.05, 0.1) is 11.4 Å². The fourth-order valence-corrected chi connectivity index (χ4v) is 9.86. The van der Waals surface area contributed by atoms with Crippen molar-refractivity contribution in [3.05, 3.63) is 224 Å². The van der Waals surface area contributed by atoms with Crippen molar-refractivity contribution >= 4 is 40.4 Å². The van der Waals surface area contributed by atoms with Crippen LogP contribution >= 0.6 is 23.3 Å². The molecule has 0 unspecified atom stereocenters. The number of benzene rings is 9. The number of hydrogen-bond donors (Lipinski definition) is 0. The van der Waals surface area contributed by atoms with Crippen molar-refractivity contribution in [2.24, 2.45) is 0 Å². The fourth-order valence-electron chi connectivity index (χ4n) is 8.16. The summed E-state index contributed by atoms with van der Waals surface area (Å²) >= 11 is 3.27. The van der Waals surface area contributed by atoms with E-state index in [0.29, 0.717) is 0 Å². The molecule has 5 heteroatoms. The van der Waals surface area contributed by atoms with Gasteiger partial charge in [-0.3, -0.25) is 0 Å². The van der Waals surface area contributed by atoms with Crippen LogP contribution in [-0.4, -0.2) is 9.36 Å². The zero-order valence-corrected chi connectivity index (χ0v) is 34.7. The number of anilines is 3. The maximum absolute atomic E-state index is 5.12. The highest BCUT2D eigenvalue weighted by Gasteiger charge is 2.27. The van der Waals surface area contributed by atoms with E-state index < -0.39 is 0 Å². The van der Waals surface area contributed by atoms with Crippen LogP contribution in [0.1, 0.15) is 0 Å². The quantitative estimate of drug-likeness (QED) is 0.153. The summed E-state index contributed by atoms with van der Waals surface area (Å²) in [5, 5.41) is 0.881. The minimum Gasteiger partial charge on any atom is -0.308 e. The van der Waals surface area contributed by atoms with Gasteiger partial charge in [-0.25, -0.2) is 4.98 Å². The van der Waals surface area contributed by atoms with Crippen LogP contribution in [0.25, 0.3) is 77.6 Å². The SMILES string of the molecule is c1ccc(-c2cccc(-c3ccc4c(c3)N(c3cccc(-c5nc(-c6cccc(-c7ccccc7)c6)ns5)c3)c3cc(-c5cccc(-c6ccccc6)c5)ccc3S4)c2)cc1. The van der Waals surface area contributed by atoms with E-state index in [1.165, 1.54) is 71.4 Å². The minimum atomic E-state index is 0.734. The van der Waals surface area contributed by atoms with Gasteiger partial charge < -0.3 is 4.90 Å². The van der Waals surface area contributed by atoms with E-state index in [1.807, 2.05) is 17.8 Å². The van der Waals surface area contributed by atoms with Crippen molar-refractivity contribution in [2.75, 3.05) is 4.90 Å². The molecule has 0 atom stereocenters. The van der Waals surface area contributed by atoms with Gasteiger partial charge in [0.2, 0.25) is 0 Å². The average Bonchev–Trinajstić information content (AvgIpc) is 3.85. The summed E-state index contributed by atoms with van der Waals surface area (Å²) in [7, 11) is 0. The third-order valence-electron chi connectivity index (χ3n) is 11.2. The lowest BCUT2D eigenvalue weighted by atomic mass is 9.97. The van der Waals surface area contributed by atoms with Gasteiger partial charge in [-0.1, -0.05) is 182 Å². The Hall–Kier alpha value is -7.31. The van der Waals surface area contributed by atoms with Crippen LogP contribution in [0.15, 0.2) is 234 Å². The van der Waals surface area contributed by atoms with Crippen LogP contribution in [-0.2, 0) is 0 Å². The molecule has 0 N–H and O–H groups in total. The highest BCUT2D eigenvalue weighted by molar-refractivity contribution is 7.99. The number of fused-ring (bicyclic) bond motifs is 2. The Morgan fingerprint density at radius 3 is 1.21 bits per heavy atom. The molecule has 0 fully saturated rings. The number of rotatable bonds is 8. The molecule has 0 bridgehead atoms. The van der Waals surface area contributed by atoms with Crippen molar-refractivity contribution in [1.29, 1.82) is 0 Å². The molecule has 9 aromatic carbocycles. The Morgan fingerprint density at radius 1 is 0.311 bits per heavy atom. The third kappa shape index (κ3) is 7.35. The zero-order valence-electron chi connectivity index (χ0n) is 33.0. The topological polar surface area (TPSA) is 29.0 Å². The van der Waals surface area contributed by atoms with Gasteiger partial charge in [-0.2, -0.15) is 4.37 Å². The second kappa shape index (κ2) is 16.0. The first-order valence-electron chi connectivity index (χ1n) is 20.4. The Kier molecular flexibility index (Phi) is 9.66. The predicted octanol–water partition coefficient (Wildman–Crippen LogP) is 16.1. The smallest absolute Gasteiger partial charge is 0.173 e. The lowest BCUT2D eigenvalue weighted by molar-refractivity contribution is 1.17. The molecule has 0 saturated carbocycles. The van der Waals surface area contributed by atoms with Crippen LogP contribution in [0, 0.1) is 0 Å². The van der Waals surface area contributed by atoms with Crippen LogP contribution in [0.4, 0.5) is 17.1 Å². The molecule has 0 radical (unpaired) electrons. The van der Waals surface area contributed by atoms with Crippen molar-refractivity contribution in [2.45, 2.75) is 9.79 Å². The summed E-state index contributed by atoms with van der Waals surface area (Å²) in [6, 6.07) is 80.4. The molecule has 2 heterocycles. The van der Waals surface area contributed by atoms with Crippen molar-refractivity contribution < 1.29 is 0 Å². The lowest BCUT2D eigenvalue weighted by Crippen LogP contribution is -2.15. The Balaban J connectivity index is 1.01. The van der Waals surface area contributed by atoms with E-state index >= 15 is 0 Å². The summed E-state index contributed by atoms with van der Waals surface area (Å²) in [4.78, 5) is 9.96. The van der Waals surface area contributed by atoms with Gasteiger partial charge in [0, 0.05) is 26.6 Å². The monoisotopic (exact) mass is 815 g/mol. The molecule has 0 spiro atoms. The molecule has 0 saturated heterocycles. The van der Waals surface area contributed by atoms with Crippen LogP contribution in [0.3, 0.4) is 0 Å². The lowest BCUT2D eigenvalue weighted by Gasteiger charge is -2.34. The second-order valence-corrected chi connectivity index (χ2v) is 17.0. The summed E-state index contributed by atoms with van der Waals surface area (Å²) in [5.74, 6) is 0.734. The van der Waals surface area contributed by atoms with E-state index in [-0.39, 0.29) is 0 Å². The van der Waals surface area contributed by atoms with Crippen molar-refractivity contribution in [3.8, 4) is 77.6 Å². The van der Waals surface area contributed by atoms with Gasteiger partial charge in [0.15, 0.2) is 5.82 Å². The number of nitrogens with zero attached hydrogens (tertiary/aromatic N) is 3.